The summed E-state index contributed by atoms with van der Waals surface area (Å²) in [4.78, 5) is 24.9. The minimum atomic E-state index is -0.339. The van der Waals surface area contributed by atoms with E-state index in [4.69, 9.17) is 4.98 Å². The van der Waals surface area contributed by atoms with E-state index in [9.17, 15) is 10.1 Å². The first-order valence-corrected chi connectivity index (χ1v) is 13.1. The maximum atomic E-state index is 12.0. The number of rotatable bonds is 8. The molecule has 1 aliphatic heterocycles. The molecule has 0 saturated heterocycles. The first kappa shape index (κ1) is 27.5. The second kappa shape index (κ2) is 11.1. The standard InChI is InChI=1S/C27H30BrN7O2.CH4/c1-17-13-23(33(4)12-11-32(2)3)24(35(36)37)14-22(17)30-27-29-15-21(28)25(31-27)20-16-34-10-6-8-18-7-5-9-19(20)26(18)34;/h5,7,9,13-16H,6,8,10-12H2,1-4H3,(H,29,30,31);1H4. The van der Waals surface area contributed by atoms with E-state index in [2.05, 4.69) is 60.1 Å². The van der Waals surface area contributed by atoms with E-state index in [-0.39, 0.29) is 18.0 Å². The van der Waals surface area contributed by atoms with Gasteiger partial charge in [-0.3, -0.25) is 10.1 Å². The summed E-state index contributed by atoms with van der Waals surface area (Å²) >= 11 is 3.64. The van der Waals surface area contributed by atoms with E-state index in [0.29, 0.717) is 23.9 Å². The monoisotopic (exact) mass is 579 g/mol. The quantitative estimate of drug-likeness (QED) is 0.190. The number of hydrogen-bond donors (Lipinski definition) is 1. The summed E-state index contributed by atoms with van der Waals surface area (Å²) in [6, 6.07) is 9.85. The van der Waals surface area contributed by atoms with Crippen LogP contribution in [0.4, 0.5) is 23.0 Å². The van der Waals surface area contributed by atoms with Gasteiger partial charge in [-0.2, -0.15) is 0 Å². The first-order valence-electron chi connectivity index (χ1n) is 12.3. The average molecular weight is 581 g/mol. The minimum absolute atomic E-state index is 0. The predicted octanol–water partition coefficient (Wildman–Crippen LogP) is 6.40. The van der Waals surface area contributed by atoms with Crippen molar-refractivity contribution in [2.45, 2.75) is 33.7 Å². The number of nitrogens with one attached hydrogen (secondary N) is 1. The van der Waals surface area contributed by atoms with Gasteiger partial charge >= 0.3 is 0 Å². The number of nitro groups is 1. The summed E-state index contributed by atoms with van der Waals surface area (Å²) in [5.41, 5.74) is 6.55. The summed E-state index contributed by atoms with van der Waals surface area (Å²) in [5.74, 6) is 0.385. The Morgan fingerprint density at radius 1 is 1.21 bits per heavy atom. The van der Waals surface area contributed by atoms with Gasteiger partial charge in [0.05, 0.1) is 26.3 Å². The molecule has 200 valence electrons. The third-order valence-corrected chi connectivity index (χ3v) is 7.47. The number of para-hydroxylation sites is 1. The Morgan fingerprint density at radius 2 is 2.00 bits per heavy atom. The molecule has 38 heavy (non-hydrogen) atoms. The Hall–Kier alpha value is -3.50. The van der Waals surface area contributed by atoms with Gasteiger partial charge in [0.15, 0.2) is 0 Å². The van der Waals surface area contributed by atoms with Gasteiger partial charge in [0.25, 0.3) is 5.69 Å². The number of aromatic nitrogens is 3. The zero-order valence-corrected chi connectivity index (χ0v) is 23.0. The van der Waals surface area contributed by atoms with E-state index in [1.54, 1.807) is 12.3 Å². The number of anilines is 3. The molecule has 5 rings (SSSR count). The Morgan fingerprint density at radius 3 is 2.74 bits per heavy atom. The average Bonchev–Trinajstić information content (AvgIpc) is 3.25. The molecule has 2 aromatic carbocycles. The summed E-state index contributed by atoms with van der Waals surface area (Å²) in [6.45, 7) is 4.38. The van der Waals surface area contributed by atoms with E-state index in [1.165, 1.54) is 16.5 Å². The fourth-order valence-electron chi connectivity index (χ4n) is 4.92. The van der Waals surface area contributed by atoms with Crippen LogP contribution in [0.2, 0.25) is 0 Å². The van der Waals surface area contributed by atoms with Crippen LogP contribution in [0.25, 0.3) is 22.2 Å². The van der Waals surface area contributed by atoms with Crippen molar-refractivity contribution < 1.29 is 4.92 Å². The SMILES string of the molecule is C.Cc1cc(N(C)CCN(C)C)c([N+](=O)[O-])cc1Nc1ncc(Br)c(-c2cn3c4c(cccc24)CCC3)n1. The van der Waals surface area contributed by atoms with E-state index in [1.807, 2.05) is 39.0 Å². The summed E-state index contributed by atoms with van der Waals surface area (Å²) in [6.07, 6.45) is 6.09. The molecule has 1 aliphatic rings. The van der Waals surface area contributed by atoms with Crippen LogP contribution in [0.1, 0.15) is 25.0 Å². The van der Waals surface area contributed by atoms with E-state index in [0.717, 1.165) is 47.2 Å². The van der Waals surface area contributed by atoms with Crippen LogP contribution in [0, 0.1) is 17.0 Å². The van der Waals surface area contributed by atoms with Gasteiger partial charge in [-0.05, 0) is 67.0 Å². The summed E-state index contributed by atoms with van der Waals surface area (Å²) < 4.78 is 3.10. The molecule has 0 unspecified atom stereocenters. The molecular weight excluding hydrogens is 546 g/mol. The Labute approximate surface area is 231 Å². The normalized spacial score (nSPS) is 12.5. The van der Waals surface area contributed by atoms with E-state index < -0.39 is 0 Å². The van der Waals surface area contributed by atoms with Gasteiger partial charge in [0, 0.05) is 56.1 Å². The highest BCUT2D eigenvalue weighted by Crippen LogP contribution is 2.38. The highest BCUT2D eigenvalue weighted by Gasteiger charge is 2.22. The van der Waals surface area contributed by atoms with Crippen molar-refractivity contribution in [1.29, 1.82) is 0 Å². The molecule has 0 bridgehead atoms. The molecule has 0 amide bonds. The predicted molar refractivity (Wildman–Crippen MR) is 159 cm³/mol. The number of aryl methyl sites for hydroxylation is 3. The van der Waals surface area contributed by atoms with Gasteiger partial charge in [-0.1, -0.05) is 25.6 Å². The van der Waals surface area contributed by atoms with Crippen molar-refractivity contribution in [3.05, 3.63) is 68.4 Å². The molecule has 0 saturated carbocycles. The van der Waals surface area contributed by atoms with Crippen molar-refractivity contribution in [1.82, 2.24) is 19.4 Å². The van der Waals surface area contributed by atoms with Crippen LogP contribution >= 0.6 is 15.9 Å². The van der Waals surface area contributed by atoms with Crippen molar-refractivity contribution in [2.75, 3.05) is 44.4 Å². The van der Waals surface area contributed by atoms with Crippen molar-refractivity contribution in [3.8, 4) is 11.3 Å². The number of benzene rings is 2. The summed E-state index contributed by atoms with van der Waals surface area (Å²) in [7, 11) is 5.84. The first-order chi connectivity index (χ1) is 17.7. The topological polar surface area (TPSA) is 92.4 Å². The smallest absolute Gasteiger partial charge is 0.294 e. The molecule has 4 aromatic rings. The van der Waals surface area contributed by atoms with Crippen LogP contribution in [-0.4, -0.2) is 58.6 Å². The van der Waals surface area contributed by atoms with Crippen molar-refractivity contribution in [3.63, 3.8) is 0 Å². The molecule has 3 heterocycles. The summed E-state index contributed by atoms with van der Waals surface area (Å²) in [5, 5.41) is 16.4. The zero-order valence-electron chi connectivity index (χ0n) is 21.5. The number of likely N-dealkylation sites (N-methyl/N-ethyl adjacent to an activating group) is 2. The Bertz CT molecular complexity index is 1500. The highest BCUT2D eigenvalue weighted by atomic mass is 79.9. The molecule has 9 nitrogen and oxygen atoms in total. The zero-order chi connectivity index (χ0) is 26.3. The fraction of sp³-hybridized carbons (Fsp3) is 0.357. The molecule has 10 heteroatoms. The lowest BCUT2D eigenvalue weighted by atomic mass is 10.0. The van der Waals surface area contributed by atoms with Gasteiger partial charge in [0.2, 0.25) is 5.95 Å². The van der Waals surface area contributed by atoms with E-state index >= 15 is 0 Å². The lowest BCUT2D eigenvalue weighted by Crippen LogP contribution is -2.29. The number of nitrogens with zero attached hydrogens (tertiary/aromatic N) is 6. The van der Waals surface area contributed by atoms with Gasteiger partial charge in [-0.25, -0.2) is 9.97 Å². The molecule has 0 atom stereocenters. The highest BCUT2D eigenvalue weighted by molar-refractivity contribution is 9.10. The van der Waals surface area contributed by atoms with Crippen molar-refractivity contribution >= 4 is 49.8 Å². The largest absolute Gasteiger partial charge is 0.368 e. The molecule has 0 fully saturated rings. The molecule has 2 aromatic heterocycles. The molecular formula is C28H34BrN7O2. The third-order valence-electron chi connectivity index (χ3n) is 6.88. The van der Waals surface area contributed by atoms with Crippen LogP contribution in [0.3, 0.4) is 0 Å². The molecule has 0 aliphatic carbocycles. The van der Waals surface area contributed by atoms with Crippen LogP contribution in [-0.2, 0) is 13.0 Å². The van der Waals surface area contributed by atoms with Gasteiger partial charge in [-0.15, -0.1) is 0 Å². The Balaban J connectivity index is 0.00000336. The minimum Gasteiger partial charge on any atom is -0.368 e. The van der Waals surface area contributed by atoms with Crippen LogP contribution < -0.4 is 10.2 Å². The van der Waals surface area contributed by atoms with Crippen molar-refractivity contribution in [2.24, 2.45) is 0 Å². The number of hydrogen-bond acceptors (Lipinski definition) is 7. The second-order valence-electron chi connectivity index (χ2n) is 9.81. The third kappa shape index (κ3) is 5.23. The molecule has 1 N–H and O–H groups in total. The molecule has 0 radical (unpaired) electrons. The Kier molecular flexibility index (Phi) is 8.03. The maximum Gasteiger partial charge on any atom is 0.294 e. The van der Waals surface area contributed by atoms with Crippen LogP contribution in [0.5, 0.6) is 0 Å². The van der Waals surface area contributed by atoms with Gasteiger partial charge in [0.1, 0.15) is 5.69 Å². The fourth-order valence-corrected chi connectivity index (χ4v) is 5.32. The van der Waals surface area contributed by atoms with Gasteiger partial charge < -0.3 is 19.7 Å². The van der Waals surface area contributed by atoms with Crippen LogP contribution in [0.15, 0.2) is 47.2 Å². The lowest BCUT2D eigenvalue weighted by Gasteiger charge is -2.22. The number of nitro benzene ring substituents is 1. The number of halogens is 1. The molecule has 0 spiro atoms. The second-order valence-corrected chi connectivity index (χ2v) is 10.7. The lowest BCUT2D eigenvalue weighted by molar-refractivity contribution is -0.384. The maximum absolute atomic E-state index is 12.0.